The molecule has 5 nitrogen and oxygen atoms in total. The first-order valence-electron chi connectivity index (χ1n) is 10.4. The first-order valence-corrected chi connectivity index (χ1v) is 10.4. The Bertz CT molecular complexity index is 591. The highest BCUT2D eigenvalue weighted by molar-refractivity contribution is 5.68. The molecule has 27 heavy (non-hydrogen) atoms. The number of carbonyl (C=O) groups is 1. The monoisotopic (exact) mass is 373 g/mol. The topological polar surface area (TPSA) is 44.8 Å². The molecule has 0 bridgehead atoms. The van der Waals surface area contributed by atoms with Crippen LogP contribution in [0.25, 0.3) is 0 Å². The van der Waals surface area contributed by atoms with Gasteiger partial charge in [0.2, 0.25) is 0 Å². The molecule has 1 saturated heterocycles. The highest BCUT2D eigenvalue weighted by Crippen LogP contribution is 2.25. The number of amides is 1. The van der Waals surface area contributed by atoms with E-state index in [-0.39, 0.29) is 12.1 Å². The van der Waals surface area contributed by atoms with Crippen LogP contribution in [0.5, 0.6) is 0 Å². The van der Waals surface area contributed by atoms with Gasteiger partial charge in [-0.2, -0.15) is 0 Å². The van der Waals surface area contributed by atoms with Gasteiger partial charge in [-0.1, -0.05) is 30.3 Å². The Hall–Kier alpha value is -1.59. The number of rotatable bonds is 4. The fourth-order valence-electron chi connectivity index (χ4n) is 4.23. The normalized spacial score (nSPS) is 25.1. The largest absolute Gasteiger partial charge is 0.444 e. The lowest BCUT2D eigenvalue weighted by Gasteiger charge is -2.42. The molecule has 1 heterocycles. The Morgan fingerprint density at radius 3 is 2.48 bits per heavy atom. The molecule has 1 aliphatic carbocycles. The zero-order chi connectivity index (χ0) is 19.3. The summed E-state index contributed by atoms with van der Waals surface area (Å²) < 4.78 is 5.42. The van der Waals surface area contributed by atoms with E-state index in [1.165, 1.54) is 18.4 Å². The molecule has 1 saturated carbocycles. The molecule has 1 N–H and O–H groups in total. The highest BCUT2D eigenvalue weighted by atomic mass is 16.6. The summed E-state index contributed by atoms with van der Waals surface area (Å²) in [5, 5.41) is 3.09. The maximum absolute atomic E-state index is 12.1. The zero-order valence-electron chi connectivity index (χ0n) is 17.1. The molecular formula is C22H35N3O2. The van der Waals surface area contributed by atoms with Crippen LogP contribution in [0.15, 0.2) is 30.3 Å². The Balaban J connectivity index is 1.43. The van der Waals surface area contributed by atoms with Crippen molar-refractivity contribution in [1.29, 1.82) is 0 Å². The Morgan fingerprint density at radius 1 is 1.11 bits per heavy atom. The molecule has 1 aliphatic heterocycles. The number of alkyl carbamates (subject to hydrolysis) is 1. The molecule has 150 valence electrons. The predicted octanol–water partition coefficient (Wildman–Crippen LogP) is 3.64. The van der Waals surface area contributed by atoms with Crippen molar-refractivity contribution >= 4 is 6.09 Å². The second-order valence-corrected chi connectivity index (χ2v) is 8.96. The van der Waals surface area contributed by atoms with Crippen LogP contribution in [-0.2, 0) is 11.3 Å². The van der Waals surface area contributed by atoms with E-state index in [1.807, 2.05) is 20.8 Å². The second kappa shape index (κ2) is 9.07. The van der Waals surface area contributed by atoms with Crippen LogP contribution in [0.3, 0.4) is 0 Å². The molecule has 0 radical (unpaired) electrons. The van der Waals surface area contributed by atoms with Crippen molar-refractivity contribution in [3.63, 3.8) is 0 Å². The minimum absolute atomic E-state index is 0.237. The van der Waals surface area contributed by atoms with Crippen LogP contribution < -0.4 is 5.32 Å². The molecule has 1 aromatic carbocycles. The zero-order valence-corrected chi connectivity index (χ0v) is 17.1. The predicted molar refractivity (Wildman–Crippen MR) is 109 cm³/mol. The Labute approximate surface area is 164 Å². The Kier molecular flexibility index (Phi) is 6.77. The lowest BCUT2D eigenvalue weighted by atomic mass is 9.89. The number of ether oxygens (including phenoxy) is 1. The van der Waals surface area contributed by atoms with Crippen molar-refractivity contribution in [3.05, 3.63) is 35.9 Å². The van der Waals surface area contributed by atoms with Gasteiger partial charge in [-0.25, -0.2) is 4.79 Å². The van der Waals surface area contributed by atoms with Crippen LogP contribution in [0.4, 0.5) is 4.79 Å². The molecule has 0 aromatic heterocycles. The lowest BCUT2D eigenvalue weighted by molar-refractivity contribution is 0.0428. The fraction of sp³-hybridized carbons (Fsp3) is 0.682. The first-order chi connectivity index (χ1) is 12.9. The van der Waals surface area contributed by atoms with Crippen LogP contribution in [-0.4, -0.2) is 59.8 Å². The van der Waals surface area contributed by atoms with Crippen LogP contribution >= 0.6 is 0 Å². The summed E-state index contributed by atoms with van der Waals surface area (Å²) in [5.41, 5.74) is 0.956. The second-order valence-electron chi connectivity index (χ2n) is 8.96. The first kappa shape index (κ1) is 20.2. The van der Waals surface area contributed by atoms with E-state index in [4.69, 9.17) is 4.74 Å². The van der Waals surface area contributed by atoms with Gasteiger partial charge >= 0.3 is 6.09 Å². The maximum Gasteiger partial charge on any atom is 0.407 e. The van der Waals surface area contributed by atoms with Gasteiger partial charge in [-0.15, -0.1) is 0 Å². The maximum atomic E-state index is 12.1. The van der Waals surface area contributed by atoms with E-state index < -0.39 is 5.60 Å². The summed E-state index contributed by atoms with van der Waals surface area (Å²) >= 11 is 0. The van der Waals surface area contributed by atoms with Crippen LogP contribution in [0.1, 0.15) is 52.0 Å². The third-order valence-corrected chi connectivity index (χ3v) is 5.54. The van der Waals surface area contributed by atoms with Crippen molar-refractivity contribution < 1.29 is 9.53 Å². The van der Waals surface area contributed by atoms with E-state index in [9.17, 15) is 4.79 Å². The van der Waals surface area contributed by atoms with Gasteiger partial charge in [0.05, 0.1) is 0 Å². The summed E-state index contributed by atoms with van der Waals surface area (Å²) in [4.78, 5) is 17.2. The molecule has 5 heteroatoms. The summed E-state index contributed by atoms with van der Waals surface area (Å²) in [6.45, 7) is 11.3. The van der Waals surface area contributed by atoms with Gasteiger partial charge in [0, 0.05) is 44.8 Å². The number of piperazine rings is 1. The lowest BCUT2D eigenvalue weighted by Crippen LogP contribution is -2.53. The molecule has 1 amide bonds. The smallest absolute Gasteiger partial charge is 0.407 e. The summed E-state index contributed by atoms with van der Waals surface area (Å²) in [6, 6.07) is 11.5. The van der Waals surface area contributed by atoms with Gasteiger partial charge in [0.1, 0.15) is 5.60 Å². The number of hydrogen-bond acceptors (Lipinski definition) is 4. The molecule has 0 spiro atoms. The SMILES string of the molecule is CC(C)(C)OC(=O)N[C@H]1CCCC(N2CCN(Cc3ccccc3)CC2)C1. The van der Waals surface area contributed by atoms with Crippen LogP contribution in [0, 0.1) is 0 Å². The van der Waals surface area contributed by atoms with Crippen molar-refractivity contribution in [2.45, 2.75) is 70.7 Å². The highest BCUT2D eigenvalue weighted by Gasteiger charge is 2.30. The summed E-state index contributed by atoms with van der Waals surface area (Å²) in [5.74, 6) is 0. The van der Waals surface area contributed by atoms with E-state index in [0.717, 1.165) is 45.6 Å². The molecule has 2 atom stereocenters. The molecule has 2 aliphatic rings. The number of nitrogens with one attached hydrogen (secondary N) is 1. The summed E-state index contributed by atoms with van der Waals surface area (Å²) in [7, 11) is 0. The average Bonchev–Trinajstić information content (AvgIpc) is 2.62. The third kappa shape index (κ3) is 6.51. The van der Waals surface area contributed by atoms with Crippen molar-refractivity contribution in [2.75, 3.05) is 26.2 Å². The van der Waals surface area contributed by atoms with E-state index >= 15 is 0 Å². The minimum atomic E-state index is -0.437. The average molecular weight is 374 g/mol. The Morgan fingerprint density at radius 2 is 1.81 bits per heavy atom. The fourth-order valence-corrected chi connectivity index (χ4v) is 4.23. The third-order valence-electron chi connectivity index (χ3n) is 5.54. The molecule has 2 fully saturated rings. The van der Waals surface area contributed by atoms with Gasteiger partial charge in [-0.05, 0) is 52.0 Å². The van der Waals surface area contributed by atoms with Gasteiger partial charge < -0.3 is 10.1 Å². The minimum Gasteiger partial charge on any atom is -0.444 e. The van der Waals surface area contributed by atoms with Gasteiger partial charge in [-0.3, -0.25) is 9.80 Å². The quantitative estimate of drug-likeness (QED) is 0.875. The molecular weight excluding hydrogens is 338 g/mol. The standard InChI is InChI=1S/C22H35N3O2/c1-22(2,3)27-21(26)23-19-10-7-11-20(16-19)25-14-12-24(13-15-25)17-18-8-5-4-6-9-18/h4-6,8-9,19-20H,7,10-17H2,1-3H3,(H,23,26)/t19-,20?/m0/s1. The van der Waals surface area contributed by atoms with Crippen molar-refractivity contribution in [2.24, 2.45) is 0 Å². The van der Waals surface area contributed by atoms with Crippen LogP contribution in [0.2, 0.25) is 0 Å². The van der Waals surface area contributed by atoms with Crippen molar-refractivity contribution in [1.82, 2.24) is 15.1 Å². The van der Waals surface area contributed by atoms with E-state index in [0.29, 0.717) is 6.04 Å². The molecule has 1 aromatic rings. The summed E-state index contributed by atoms with van der Waals surface area (Å²) in [6.07, 6.45) is 4.24. The number of carbonyl (C=O) groups excluding carboxylic acids is 1. The number of nitrogens with zero attached hydrogens (tertiary/aromatic N) is 2. The molecule has 1 unspecified atom stereocenters. The van der Waals surface area contributed by atoms with E-state index in [2.05, 4.69) is 45.4 Å². The molecule has 3 rings (SSSR count). The number of hydrogen-bond donors (Lipinski definition) is 1. The van der Waals surface area contributed by atoms with E-state index in [1.54, 1.807) is 0 Å². The van der Waals surface area contributed by atoms with Gasteiger partial charge in [0.25, 0.3) is 0 Å². The number of benzene rings is 1. The van der Waals surface area contributed by atoms with Crippen molar-refractivity contribution in [3.8, 4) is 0 Å². The van der Waals surface area contributed by atoms with Gasteiger partial charge in [0.15, 0.2) is 0 Å².